The molecular formula is C19H28N4O3S. The number of ether oxygens (including phenoxy) is 1. The van der Waals surface area contributed by atoms with Crippen molar-refractivity contribution in [2.75, 3.05) is 81.3 Å². The summed E-state index contributed by atoms with van der Waals surface area (Å²) in [6.45, 7) is 6.41. The van der Waals surface area contributed by atoms with Crippen molar-refractivity contribution < 1.29 is 14.3 Å². The number of morpholine rings is 1. The predicted octanol–water partition coefficient (Wildman–Crippen LogP) is 0.969. The summed E-state index contributed by atoms with van der Waals surface area (Å²) >= 11 is 1.36. The lowest BCUT2D eigenvalue weighted by molar-refractivity contribution is -0.132. The van der Waals surface area contributed by atoms with Crippen molar-refractivity contribution in [2.24, 2.45) is 0 Å². The second kappa shape index (κ2) is 9.96. The van der Waals surface area contributed by atoms with Gasteiger partial charge in [0.05, 0.1) is 36.1 Å². The smallest absolute Gasteiger partial charge is 0.234 e. The lowest BCUT2D eigenvalue weighted by Crippen LogP contribution is -2.44. The molecule has 1 aromatic rings. The quantitative estimate of drug-likeness (QED) is 0.778. The van der Waals surface area contributed by atoms with Crippen LogP contribution in [0.1, 0.15) is 0 Å². The molecule has 0 radical (unpaired) electrons. The van der Waals surface area contributed by atoms with Crippen LogP contribution < -0.4 is 10.2 Å². The van der Waals surface area contributed by atoms with Crippen LogP contribution >= 0.6 is 11.8 Å². The fraction of sp³-hybridized carbons (Fsp3) is 0.579. The second-order valence-corrected chi connectivity index (χ2v) is 7.83. The van der Waals surface area contributed by atoms with E-state index in [2.05, 4.69) is 28.2 Å². The third-order valence-corrected chi connectivity index (χ3v) is 5.76. The molecule has 0 unspecified atom stereocenters. The molecule has 2 fully saturated rings. The summed E-state index contributed by atoms with van der Waals surface area (Å²) in [4.78, 5) is 30.9. The van der Waals surface area contributed by atoms with Gasteiger partial charge in [-0.05, 0) is 19.2 Å². The zero-order valence-electron chi connectivity index (χ0n) is 15.9. The van der Waals surface area contributed by atoms with Crippen LogP contribution in [0.4, 0.5) is 11.4 Å². The molecule has 2 heterocycles. The van der Waals surface area contributed by atoms with Crippen LogP contribution in [0, 0.1) is 0 Å². The Labute approximate surface area is 165 Å². The van der Waals surface area contributed by atoms with Crippen molar-refractivity contribution in [3.05, 3.63) is 24.3 Å². The number of hydrogen-bond donors (Lipinski definition) is 1. The lowest BCUT2D eigenvalue weighted by atomic mass is 10.2. The minimum absolute atomic E-state index is 0.0728. The number of anilines is 2. The highest BCUT2D eigenvalue weighted by Gasteiger charge is 2.19. The molecule has 2 amide bonds. The number of amides is 2. The molecule has 1 aromatic carbocycles. The Morgan fingerprint density at radius 2 is 1.74 bits per heavy atom. The maximum absolute atomic E-state index is 12.4. The van der Waals surface area contributed by atoms with Gasteiger partial charge in [0.1, 0.15) is 0 Å². The summed E-state index contributed by atoms with van der Waals surface area (Å²) in [5.74, 6) is 0.603. The molecular weight excluding hydrogens is 364 g/mol. The molecule has 8 heteroatoms. The number of para-hydroxylation sites is 2. The first-order chi connectivity index (χ1) is 13.1. The molecule has 0 bridgehead atoms. The number of carbonyl (C=O) groups is 2. The summed E-state index contributed by atoms with van der Waals surface area (Å²) < 4.78 is 5.25. The number of thioether (sulfide) groups is 1. The molecule has 1 N–H and O–H groups in total. The number of hydrogen-bond acceptors (Lipinski definition) is 6. The molecule has 7 nitrogen and oxygen atoms in total. The average Bonchev–Trinajstić information content (AvgIpc) is 2.70. The monoisotopic (exact) mass is 392 g/mol. The van der Waals surface area contributed by atoms with Gasteiger partial charge in [0, 0.05) is 39.3 Å². The third-order valence-electron chi connectivity index (χ3n) is 4.84. The van der Waals surface area contributed by atoms with Crippen LogP contribution in [-0.2, 0) is 14.3 Å². The number of benzene rings is 1. The van der Waals surface area contributed by atoms with E-state index in [1.165, 1.54) is 11.8 Å². The molecule has 0 saturated carbocycles. The first-order valence-electron chi connectivity index (χ1n) is 9.39. The van der Waals surface area contributed by atoms with Crippen LogP contribution in [0.25, 0.3) is 0 Å². The van der Waals surface area contributed by atoms with Gasteiger partial charge in [0.25, 0.3) is 0 Å². The number of piperazine rings is 1. The zero-order valence-corrected chi connectivity index (χ0v) is 16.7. The van der Waals surface area contributed by atoms with Crippen molar-refractivity contribution in [2.45, 2.75) is 0 Å². The highest BCUT2D eigenvalue weighted by atomic mass is 32.2. The van der Waals surface area contributed by atoms with Crippen LogP contribution in [0.5, 0.6) is 0 Å². The molecule has 2 saturated heterocycles. The van der Waals surface area contributed by atoms with Gasteiger partial charge in [-0.1, -0.05) is 12.1 Å². The number of nitrogens with one attached hydrogen (secondary N) is 1. The zero-order chi connectivity index (χ0) is 19.1. The van der Waals surface area contributed by atoms with Crippen molar-refractivity contribution >= 4 is 35.0 Å². The van der Waals surface area contributed by atoms with Crippen LogP contribution in [0.15, 0.2) is 24.3 Å². The Bertz CT molecular complexity index is 644. The molecule has 0 aliphatic carbocycles. The van der Waals surface area contributed by atoms with Crippen molar-refractivity contribution in [1.29, 1.82) is 0 Å². The van der Waals surface area contributed by atoms with E-state index in [1.807, 2.05) is 18.2 Å². The average molecular weight is 393 g/mol. The van der Waals surface area contributed by atoms with Crippen molar-refractivity contribution in [3.8, 4) is 0 Å². The van der Waals surface area contributed by atoms with Gasteiger partial charge < -0.3 is 24.8 Å². The maximum atomic E-state index is 12.4. The van der Waals surface area contributed by atoms with E-state index < -0.39 is 0 Å². The van der Waals surface area contributed by atoms with Crippen molar-refractivity contribution in [3.63, 3.8) is 0 Å². The van der Waals surface area contributed by atoms with E-state index in [1.54, 1.807) is 4.90 Å². The number of rotatable bonds is 6. The van der Waals surface area contributed by atoms with Gasteiger partial charge in [0.15, 0.2) is 0 Å². The van der Waals surface area contributed by atoms with Gasteiger partial charge in [-0.15, -0.1) is 11.8 Å². The van der Waals surface area contributed by atoms with Gasteiger partial charge >= 0.3 is 0 Å². The first-order valence-corrected chi connectivity index (χ1v) is 10.5. The van der Waals surface area contributed by atoms with E-state index in [0.717, 1.165) is 37.6 Å². The molecule has 0 aromatic heterocycles. The maximum Gasteiger partial charge on any atom is 0.234 e. The highest BCUT2D eigenvalue weighted by Crippen LogP contribution is 2.26. The Balaban J connectivity index is 1.47. The summed E-state index contributed by atoms with van der Waals surface area (Å²) in [6, 6.07) is 7.93. The molecule has 2 aliphatic heterocycles. The minimum Gasteiger partial charge on any atom is -0.378 e. The van der Waals surface area contributed by atoms with E-state index in [-0.39, 0.29) is 17.6 Å². The summed E-state index contributed by atoms with van der Waals surface area (Å²) in [5.41, 5.74) is 1.90. The third kappa shape index (κ3) is 5.85. The summed E-state index contributed by atoms with van der Waals surface area (Å²) in [7, 11) is 2.13. The van der Waals surface area contributed by atoms with Gasteiger partial charge in [-0.2, -0.15) is 0 Å². The van der Waals surface area contributed by atoms with E-state index in [4.69, 9.17) is 4.74 Å². The first kappa shape index (κ1) is 20.0. The Hall–Kier alpha value is -1.77. The van der Waals surface area contributed by atoms with Gasteiger partial charge in [0.2, 0.25) is 11.8 Å². The fourth-order valence-corrected chi connectivity index (χ4v) is 3.94. The molecule has 3 rings (SSSR count). The standard InChI is InChI=1S/C19H28N4O3S/c1-21-6-8-22(9-7-21)17-5-3-2-4-16(17)20-18(24)14-27-15-19(25)23-10-12-26-13-11-23/h2-5H,6-15H2,1H3,(H,20,24). The molecule has 0 spiro atoms. The van der Waals surface area contributed by atoms with Crippen LogP contribution in [0.2, 0.25) is 0 Å². The number of carbonyl (C=O) groups excluding carboxylic acids is 2. The molecule has 2 aliphatic rings. The van der Waals surface area contributed by atoms with Crippen LogP contribution in [0.3, 0.4) is 0 Å². The summed E-state index contributed by atoms with van der Waals surface area (Å²) in [6.07, 6.45) is 0. The number of likely N-dealkylation sites (N-methyl/N-ethyl adjacent to an activating group) is 1. The van der Waals surface area contributed by atoms with Crippen LogP contribution in [-0.4, -0.2) is 92.6 Å². The minimum atomic E-state index is -0.0728. The SMILES string of the molecule is CN1CCN(c2ccccc2NC(=O)CSCC(=O)N2CCOCC2)CC1. The Kier molecular flexibility index (Phi) is 7.37. The summed E-state index contributed by atoms with van der Waals surface area (Å²) in [5, 5.41) is 3.01. The van der Waals surface area contributed by atoms with E-state index >= 15 is 0 Å². The molecule has 0 atom stereocenters. The predicted molar refractivity (Wildman–Crippen MR) is 110 cm³/mol. The topological polar surface area (TPSA) is 65.1 Å². The van der Waals surface area contributed by atoms with Crippen molar-refractivity contribution in [1.82, 2.24) is 9.80 Å². The Morgan fingerprint density at radius 1 is 1.04 bits per heavy atom. The second-order valence-electron chi connectivity index (χ2n) is 6.84. The highest BCUT2D eigenvalue weighted by molar-refractivity contribution is 8.00. The van der Waals surface area contributed by atoms with E-state index in [0.29, 0.717) is 32.1 Å². The fourth-order valence-electron chi connectivity index (χ4n) is 3.22. The van der Waals surface area contributed by atoms with Gasteiger partial charge in [-0.3, -0.25) is 9.59 Å². The lowest BCUT2D eigenvalue weighted by Gasteiger charge is -2.35. The normalized spacial score (nSPS) is 18.4. The van der Waals surface area contributed by atoms with E-state index in [9.17, 15) is 9.59 Å². The van der Waals surface area contributed by atoms with Gasteiger partial charge in [-0.25, -0.2) is 0 Å². The largest absolute Gasteiger partial charge is 0.378 e. The molecule has 148 valence electrons. The molecule has 27 heavy (non-hydrogen) atoms. The Morgan fingerprint density at radius 3 is 2.48 bits per heavy atom. The number of nitrogens with zero attached hydrogens (tertiary/aromatic N) is 3.